The number of benzene rings is 1. The second-order valence-electron chi connectivity index (χ2n) is 2.45. The Kier molecular flexibility index (Phi) is 1.59. The summed E-state index contributed by atoms with van der Waals surface area (Å²) in [6.45, 7) is 0. The van der Waals surface area contributed by atoms with Crippen molar-refractivity contribution in [2.75, 3.05) is 5.73 Å². The van der Waals surface area contributed by atoms with Crippen LogP contribution in [0.2, 0.25) is 5.02 Å². The zero-order valence-electron chi connectivity index (χ0n) is 6.16. The van der Waals surface area contributed by atoms with Gasteiger partial charge >= 0.3 is 0 Å². The van der Waals surface area contributed by atoms with Crippen molar-refractivity contribution >= 4 is 28.1 Å². The van der Waals surface area contributed by atoms with Crippen LogP contribution in [-0.4, -0.2) is 10.2 Å². The Morgan fingerprint density at radius 2 is 1.75 bits per heavy atom. The fourth-order valence-electron chi connectivity index (χ4n) is 1.08. The molecule has 1 aromatic heterocycles. The highest BCUT2D eigenvalue weighted by molar-refractivity contribution is 6.35. The van der Waals surface area contributed by atoms with Crippen LogP contribution in [0.15, 0.2) is 24.5 Å². The lowest BCUT2D eigenvalue weighted by molar-refractivity contribution is 1.05. The topological polar surface area (TPSA) is 51.8 Å². The minimum Gasteiger partial charge on any atom is -0.398 e. The van der Waals surface area contributed by atoms with Gasteiger partial charge in [-0.2, -0.15) is 10.2 Å². The molecule has 3 nitrogen and oxygen atoms in total. The molecule has 0 saturated carbocycles. The van der Waals surface area contributed by atoms with Crippen LogP contribution in [0.3, 0.4) is 0 Å². The number of halogens is 1. The highest BCUT2D eigenvalue weighted by Crippen LogP contribution is 2.25. The summed E-state index contributed by atoms with van der Waals surface area (Å²) in [5, 5.41) is 9.78. The lowest BCUT2D eigenvalue weighted by Gasteiger charge is -2.00. The van der Waals surface area contributed by atoms with Crippen molar-refractivity contribution in [1.29, 1.82) is 0 Å². The smallest absolute Gasteiger partial charge is 0.0595 e. The first kappa shape index (κ1) is 7.31. The Bertz CT molecular complexity index is 387. The van der Waals surface area contributed by atoms with E-state index < -0.39 is 0 Å². The third kappa shape index (κ3) is 0.987. The van der Waals surface area contributed by atoms with Gasteiger partial charge in [0.2, 0.25) is 0 Å². The van der Waals surface area contributed by atoms with Crippen molar-refractivity contribution in [3.05, 3.63) is 29.5 Å². The average Bonchev–Trinajstić information content (AvgIpc) is 2.12. The highest BCUT2D eigenvalue weighted by Gasteiger charge is 2.01. The molecule has 0 fully saturated rings. The summed E-state index contributed by atoms with van der Waals surface area (Å²) in [6.07, 6.45) is 3.21. The van der Waals surface area contributed by atoms with Crippen molar-refractivity contribution in [2.24, 2.45) is 0 Å². The predicted molar refractivity (Wildman–Crippen MR) is 49.0 cm³/mol. The van der Waals surface area contributed by atoms with Crippen LogP contribution in [0.1, 0.15) is 0 Å². The molecule has 0 radical (unpaired) electrons. The van der Waals surface area contributed by atoms with E-state index in [0.29, 0.717) is 10.7 Å². The van der Waals surface area contributed by atoms with Crippen LogP contribution in [0, 0.1) is 0 Å². The molecule has 12 heavy (non-hydrogen) atoms. The minimum absolute atomic E-state index is 0.647. The first-order chi connectivity index (χ1) is 5.79. The number of anilines is 1. The van der Waals surface area contributed by atoms with E-state index in [0.717, 1.165) is 10.8 Å². The zero-order valence-corrected chi connectivity index (χ0v) is 6.92. The Morgan fingerprint density at radius 3 is 2.42 bits per heavy atom. The van der Waals surface area contributed by atoms with E-state index in [1.807, 2.05) is 0 Å². The van der Waals surface area contributed by atoms with Gasteiger partial charge in [0.05, 0.1) is 17.4 Å². The number of hydrogen-bond acceptors (Lipinski definition) is 3. The number of hydrogen-bond donors (Lipinski definition) is 1. The number of fused-ring (bicyclic) bond motifs is 1. The van der Waals surface area contributed by atoms with Crippen molar-refractivity contribution < 1.29 is 0 Å². The molecule has 0 bridgehead atoms. The number of nitrogen functional groups attached to an aromatic ring is 1. The number of nitrogens with zero attached hydrogens (tertiary/aromatic N) is 2. The third-order valence-electron chi connectivity index (χ3n) is 1.71. The van der Waals surface area contributed by atoms with Crippen LogP contribution >= 0.6 is 11.6 Å². The van der Waals surface area contributed by atoms with Gasteiger partial charge in [-0.25, -0.2) is 0 Å². The lowest BCUT2D eigenvalue weighted by Crippen LogP contribution is -1.89. The van der Waals surface area contributed by atoms with Crippen molar-refractivity contribution in [3.8, 4) is 0 Å². The highest BCUT2D eigenvalue weighted by atomic mass is 35.5. The monoisotopic (exact) mass is 179 g/mol. The summed E-state index contributed by atoms with van der Waals surface area (Å²) in [5.74, 6) is 0. The molecule has 0 amide bonds. The van der Waals surface area contributed by atoms with Crippen LogP contribution in [0.4, 0.5) is 5.69 Å². The van der Waals surface area contributed by atoms with E-state index in [2.05, 4.69) is 10.2 Å². The predicted octanol–water partition coefficient (Wildman–Crippen LogP) is 1.87. The van der Waals surface area contributed by atoms with Gasteiger partial charge in [-0.15, -0.1) is 0 Å². The van der Waals surface area contributed by atoms with E-state index in [4.69, 9.17) is 17.3 Å². The standard InChI is InChI=1S/C8H6ClN3/c9-7-1-2-8(10)6-4-12-11-3-5(6)7/h1-4H,10H2. The Hall–Kier alpha value is -1.35. The number of rotatable bonds is 0. The molecule has 60 valence electrons. The molecule has 0 atom stereocenters. The van der Waals surface area contributed by atoms with E-state index in [1.165, 1.54) is 0 Å². The second kappa shape index (κ2) is 2.60. The van der Waals surface area contributed by atoms with Gasteiger partial charge in [0.1, 0.15) is 0 Å². The minimum atomic E-state index is 0.647. The van der Waals surface area contributed by atoms with Gasteiger partial charge in [-0.3, -0.25) is 0 Å². The summed E-state index contributed by atoms with van der Waals surface area (Å²) in [6, 6.07) is 3.51. The fourth-order valence-corrected chi connectivity index (χ4v) is 1.30. The number of aromatic nitrogens is 2. The largest absolute Gasteiger partial charge is 0.398 e. The quantitative estimate of drug-likeness (QED) is 0.628. The van der Waals surface area contributed by atoms with E-state index >= 15 is 0 Å². The van der Waals surface area contributed by atoms with E-state index in [9.17, 15) is 0 Å². The third-order valence-corrected chi connectivity index (χ3v) is 2.04. The Balaban J connectivity index is 2.95. The first-order valence-electron chi connectivity index (χ1n) is 3.43. The molecule has 0 spiro atoms. The maximum absolute atomic E-state index is 5.91. The van der Waals surface area contributed by atoms with Gasteiger partial charge in [0.25, 0.3) is 0 Å². The summed E-state index contributed by atoms with van der Waals surface area (Å²) in [7, 11) is 0. The zero-order chi connectivity index (χ0) is 8.55. The molecule has 0 saturated heterocycles. The van der Waals surface area contributed by atoms with Crippen LogP contribution in [0.25, 0.3) is 10.8 Å². The molecule has 4 heteroatoms. The summed E-state index contributed by atoms with van der Waals surface area (Å²) < 4.78 is 0. The van der Waals surface area contributed by atoms with Crippen LogP contribution in [0.5, 0.6) is 0 Å². The van der Waals surface area contributed by atoms with Gasteiger partial charge in [-0.1, -0.05) is 11.6 Å². The molecule has 0 aliphatic carbocycles. The number of nitrogens with two attached hydrogens (primary N) is 1. The maximum atomic E-state index is 5.91. The van der Waals surface area contributed by atoms with Gasteiger partial charge in [-0.05, 0) is 12.1 Å². The van der Waals surface area contributed by atoms with E-state index in [1.54, 1.807) is 24.5 Å². The van der Waals surface area contributed by atoms with Gasteiger partial charge in [0.15, 0.2) is 0 Å². The molecular formula is C8H6ClN3. The summed E-state index contributed by atoms with van der Waals surface area (Å²) >= 11 is 5.91. The second-order valence-corrected chi connectivity index (χ2v) is 2.86. The molecule has 1 heterocycles. The molecule has 2 rings (SSSR count). The van der Waals surface area contributed by atoms with E-state index in [-0.39, 0.29) is 0 Å². The van der Waals surface area contributed by atoms with Crippen molar-refractivity contribution in [1.82, 2.24) is 10.2 Å². The van der Waals surface area contributed by atoms with Crippen LogP contribution in [-0.2, 0) is 0 Å². The normalized spacial score (nSPS) is 10.4. The first-order valence-corrected chi connectivity index (χ1v) is 3.81. The average molecular weight is 180 g/mol. The Morgan fingerprint density at radius 1 is 1.08 bits per heavy atom. The molecule has 2 N–H and O–H groups in total. The summed E-state index contributed by atoms with van der Waals surface area (Å²) in [5.41, 5.74) is 6.37. The van der Waals surface area contributed by atoms with Crippen LogP contribution < -0.4 is 5.73 Å². The summed E-state index contributed by atoms with van der Waals surface area (Å²) in [4.78, 5) is 0. The van der Waals surface area contributed by atoms with Crippen molar-refractivity contribution in [3.63, 3.8) is 0 Å². The molecule has 0 unspecified atom stereocenters. The molecule has 1 aromatic carbocycles. The van der Waals surface area contributed by atoms with Gasteiger partial charge < -0.3 is 5.73 Å². The van der Waals surface area contributed by atoms with Gasteiger partial charge in [0, 0.05) is 16.5 Å². The fraction of sp³-hybridized carbons (Fsp3) is 0. The Labute approximate surface area is 74.2 Å². The molecule has 0 aliphatic heterocycles. The molecule has 0 aliphatic rings. The lowest BCUT2D eigenvalue weighted by atomic mass is 10.2. The van der Waals surface area contributed by atoms with Crippen molar-refractivity contribution in [2.45, 2.75) is 0 Å². The molecule has 2 aromatic rings. The maximum Gasteiger partial charge on any atom is 0.0595 e. The SMILES string of the molecule is Nc1ccc(Cl)c2cnncc12. The molecular weight excluding hydrogens is 174 g/mol.